The number of hydrogen-bond donors (Lipinski definition) is 2. The lowest BCUT2D eigenvalue weighted by molar-refractivity contribution is -0.131. The van der Waals surface area contributed by atoms with Crippen LogP contribution in [0.5, 0.6) is 5.75 Å². The maximum atomic E-state index is 10.1. The molecule has 1 rings (SSSR count). The van der Waals surface area contributed by atoms with E-state index in [1.807, 2.05) is 0 Å². The molecule has 3 nitrogen and oxygen atoms in total. The lowest BCUT2D eigenvalue weighted by Crippen LogP contribution is -1.85. The van der Waals surface area contributed by atoms with Gasteiger partial charge in [-0.2, -0.15) is 0 Å². The molecule has 0 saturated heterocycles. The Kier molecular flexibility index (Phi) is 4.30. The minimum absolute atomic E-state index is 0. The highest BCUT2D eigenvalue weighted by Gasteiger charge is 1.89. The number of phenolic OH excluding ortho intramolecular Hbond substituents is 1. The number of aromatic hydroxyl groups is 1. The molecule has 0 aromatic heterocycles. The predicted molar refractivity (Wildman–Crippen MR) is 51.5 cm³/mol. The standard InChI is InChI=1S/C9H8O3.CH4/c10-8-4-1-7(2-5-8)3-6-9(11)12;/h1-6,10H,(H,11,12);1H4/b6-3+;. The van der Waals surface area contributed by atoms with Crippen LogP contribution in [0, 0.1) is 0 Å². The lowest BCUT2D eigenvalue weighted by atomic mass is 10.2. The Labute approximate surface area is 77.0 Å². The van der Waals surface area contributed by atoms with Crippen LogP contribution in [0.1, 0.15) is 13.0 Å². The summed E-state index contributed by atoms with van der Waals surface area (Å²) in [4.78, 5) is 10.1. The van der Waals surface area contributed by atoms with Crippen molar-refractivity contribution >= 4 is 12.0 Å². The first-order valence-corrected chi connectivity index (χ1v) is 3.38. The molecule has 0 amide bonds. The quantitative estimate of drug-likeness (QED) is 0.685. The third-order valence-electron chi connectivity index (χ3n) is 1.31. The van der Waals surface area contributed by atoms with Gasteiger partial charge in [-0.3, -0.25) is 0 Å². The molecule has 0 bridgehead atoms. The molecule has 0 spiro atoms. The first kappa shape index (κ1) is 11.2. The minimum atomic E-state index is -0.983. The number of phenols is 1. The van der Waals surface area contributed by atoms with Crippen LogP contribution < -0.4 is 0 Å². The van der Waals surface area contributed by atoms with Crippen molar-refractivity contribution in [2.45, 2.75) is 7.43 Å². The summed E-state index contributed by atoms with van der Waals surface area (Å²) in [7, 11) is 0. The Hall–Kier alpha value is -1.77. The Bertz CT molecular complexity index is 298. The van der Waals surface area contributed by atoms with Crippen molar-refractivity contribution in [1.29, 1.82) is 0 Å². The molecular weight excluding hydrogens is 168 g/mol. The monoisotopic (exact) mass is 180 g/mol. The second-order valence-electron chi connectivity index (χ2n) is 2.26. The fraction of sp³-hybridized carbons (Fsp3) is 0.100. The summed E-state index contributed by atoms with van der Waals surface area (Å²) in [5.41, 5.74) is 0.746. The van der Waals surface area contributed by atoms with Gasteiger partial charge in [0.1, 0.15) is 5.75 Å². The first-order valence-electron chi connectivity index (χ1n) is 3.38. The van der Waals surface area contributed by atoms with Gasteiger partial charge in [-0.25, -0.2) is 4.79 Å². The molecule has 0 aliphatic rings. The van der Waals surface area contributed by atoms with Crippen LogP contribution in [0.15, 0.2) is 30.3 Å². The third kappa shape index (κ3) is 3.96. The fourth-order valence-electron chi connectivity index (χ4n) is 0.753. The van der Waals surface area contributed by atoms with E-state index in [9.17, 15) is 4.79 Å². The number of aliphatic carboxylic acids is 1. The number of hydrogen-bond acceptors (Lipinski definition) is 2. The Morgan fingerprint density at radius 2 is 1.77 bits per heavy atom. The van der Waals surface area contributed by atoms with E-state index >= 15 is 0 Å². The molecule has 0 radical (unpaired) electrons. The fourth-order valence-corrected chi connectivity index (χ4v) is 0.753. The second-order valence-corrected chi connectivity index (χ2v) is 2.26. The minimum Gasteiger partial charge on any atom is -0.508 e. The summed E-state index contributed by atoms with van der Waals surface area (Å²) in [6.45, 7) is 0. The molecule has 0 unspecified atom stereocenters. The van der Waals surface area contributed by atoms with Gasteiger partial charge in [-0.15, -0.1) is 0 Å². The van der Waals surface area contributed by atoms with E-state index in [4.69, 9.17) is 10.2 Å². The number of carboxylic acids is 1. The Balaban J connectivity index is 0.00000144. The highest BCUT2D eigenvalue weighted by molar-refractivity contribution is 5.85. The summed E-state index contributed by atoms with van der Waals surface area (Å²) in [6, 6.07) is 6.27. The van der Waals surface area contributed by atoms with E-state index < -0.39 is 5.97 Å². The van der Waals surface area contributed by atoms with E-state index in [0.29, 0.717) is 0 Å². The van der Waals surface area contributed by atoms with Crippen molar-refractivity contribution in [3.8, 4) is 5.75 Å². The van der Waals surface area contributed by atoms with Crippen LogP contribution in [0.2, 0.25) is 0 Å². The van der Waals surface area contributed by atoms with Gasteiger partial charge in [-0.05, 0) is 23.8 Å². The van der Waals surface area contributed by atoms with E-state index in [0.717, 1.165) is 11.6 Å². The van der Waals surface area contributed by atoms with E-state index in [1.54, 1.807) is 12.1 Å². The Morgan fingerprint density at radius 3 is 2.23 bits per heavy atom. The molecule has 1 aromatic carbocycles. The van der Waals surface area contributed by atoms with Gasteiger partial charge in [0.2, 0.25) is 0 Å². The van der Waals surface area contributed by atoms with Crippen molar-refractivity contribution < 1.29 is 15.0 Å². The molecule has 2 N–H and O–H groups in total. The van der Waals surface area contributed by atoms with Crippen molar-refractivity contribution in [1.82, 2.24) is 0 Å². The lowest BCUT2D eigenvalue weighted by Gasteiger charge is -1.92. The summed E-state index contributed by atoms with van der Waals surface area (Å²) in [6.07, 6.45) is 2.51. The topological polar surface area (TPSA) is 57.5 Å². The van der Waals surface area contributed by atoms with Crippen LogP contribution in [-0.4, -0.2) is 16.2 Å². The van der Waals surface area contributed by atoms with Crippen LogP contribution >= 0.6 is 0 Å². The highest BCUT2D eigenvalue weighted by Crippen LogP contribution is 2.10. The van der Waals surface area contributed by atoms with Crippen LogP contribution in [0.3, 0.4) is 0 Å². The second kappa shape index (κ2) is 4.98. The third-order valence-corrected chi connectivity index (χ3v) is 1.31. The average molecular weight is 180 g/mol. The van der Waals surface area contributed by atoms with E-state index in [-0.39, 0.29) is 13.2 Å². The van der Waals surface area contributed by atoms with Gasteiger partial charge in [0.15, 0.2) is 0 Å². The largest absolute Gasteiger partial charge is 0.508 e. The molecule has 3 heteroatoms. The van der Waals surface area contributed by atoms with Gasteiger partial charge in [0, 0.05) is 6.08 Å². The maximum Gasteiger partial charge on any atom is 0.328 e. The normalized spacial score (nSPS) is 9.54. The molecule has 0 saturated carbocycles. The summed E-state index contributed by atoms with van der Waals surface area (Å²) < 4.78 is 0. The zero-order chi connectivity index (χ0) is 8.97. The van der Waals surface area contributed by atoms with Crippen molar-refractivity contribution in [3.63, 3.8) is 0 Å². The average Bonchev–Trinajstić information content (AvgIpc) is 2.03. The van der Waals surface area contributed by atoms with E-state index in [1.165, 1.54) is 18.2 Å². The van der Waals surface area contributed by atoms with Gasteiger partial charge in [0.05, 0.1) is 0 Å². The molecular formula is C10H12O3. The van der Waals surface area contributed by atoms with Gasteiger partial charge >= 0.3 is 5.97 Å². The van der Waals surface area contributed by atoms with Crippen LogP contribution in [0.25, 0.3) is 6.08 Å². The molecule has 70 valence electrons. The first-order chi connectivity index (χ1) is 5.68. The number of carbonyl (C=O) groups is 1. The maximum absolute atomic E-state index is 10.1. The van der Waals surface area contributed by atoms with Gasteiger partial charge < -0.3 is 10.2 Å². The molecule has 0 fully saturated rings. The van der Waals surface area contributed by atoms with Gasteiger partial charge in [0.25, 0.3) is 0 Å². The highest BCUT2D eigenvalue weighted by atomic mass is 16.4. The molecule has 0 aliphatic heterocycles. The van der Waals surface area contributed by atoms with E-state index in [2.05, 4.69) is 0 Å². The zero-order valence-electron chi connectivity index (χ0n) is 6.27. The molecule has 13 heavy (non-hydrogen) atoms. The molecule has 0 aliphatic carbocycles. The molecule has 0 atom stereocenters. The number of carboxylic acid groups (broad SMARTS) is 1. The SMILES string of the molecule is C.O=C(O)/C=C/c1ccc(O)cc1. The van der Waals surface area contributed by atoms with Crippen LogP contribution in [-0.2, 0) is 4.79 Å². The van der Waals surface area contributed by atoms with Crippen LogP contribution in [0.4, 0.5) is 0 Å². The molecule has 1 aromatic rings. The predicted octanol–water partition coefficient (Wildman–Crippen LogP) is 2.13. The number of benzene rings is 1. The van der Waals surface area contributed by atoms with Crippen molar-refractivity contribution in [3.05, 3.63) is 35.9 Å². The summed E-state index contributed by atoms with van der Waals surface area (Å²) >= 11 is 0. The summed E-state index contributed by atoms with van der Waals surface area (Å²) in [5.74, 6) is -0.814. The molecule has 0 heterocycles. The van der Waals surface area contributed by atoms with Crippen molar-refractivity contribution in [2.24, 2.45) is 0 Å². The van der Waals surface area contributed by atoms with Crippen molar-refractivity contribution in [2.75, 3.05) is 0 Å². The zero-order valence-corrected chi connectivity index (χ0v) is 6.27. The smallest absolute Gasteiger partial charge is 0.328 e. The number of rotatable bonds is 2. The van der Waals surface area contributed by atoms with Gasteiger partial charge in [-0.1, -0.05) is 19.6 Å². The summed E-state index contributed by atoms with van der Waals surface area (Å²) in [5, 5.41) is 17.2. The Morgan fingerprint density at radius 1 is 1.23 bits per heavy atom.